The molecule has 0 bridgehead atoms. The third-order valence-corrected chi connectivity index (χ3v) is 1.95. The lowest BCUT2D eigenvalue weighted by molar-refractivity contribution is -0.115. The number of H-pyrrole nitrogens is 1. The molecule has 1 aromatic heterocycles. The van der Waals surface area contributed by atoms with Crippen molar-refractivity contribution >= 4 is 27.7 Å². The number of hydrogen-bond acceptors (Lipinski definition) is 3. The molecule has 0 spiro atoms. The van der Waals surface area contributed by atoms with E-state index in [-0.39, 0.29) is 5.91 Å². The van der Waals surface area contributed by atoms with Crippen LogP contribution in [0.3, 0.4) is 0 Å². The van der Waals surface area contributed by atoms with Gasteiger partial charge in [-0.15, -0.1) is 0 Å². The van der Waals surface area contributed by atoms with Crippen LogP contribution in [0.5, 0.6) is 0 Å². The number of amides is 1. The molecule has 2 N–H and O–H groups in total. The van der Waals surface area contributed by atoms with E-state index < -0.39 is 5.69 Å². The Labute approximate surface area is 82.7 Å². The Hall–Kier alpha value is -1.17. The van der Waals surface area contributed by atoms with Gasteiger partial charge in [-0.05, 0) is 15.9 Å². The summed E-state index contributed by atoms with van der Waals surface area (Å²) in [5.41, 5.74) is -0.491. The molecule has 1 rings (SSSR count). The number of aromatic nitrogens is 2. The molecule has 1 amide bonds. The maximum Gasteiger partial charge on any atom is 0.346 e. The zero-order valence-electron chi connectivity index (χ0n) is 6.93. The lowest BCUT2D eigenvalue weighted by Gasteiger charge is -2.03. The fraction of sp³-hybridized carbons (Fsp3) is 0.286. The highest BCUT2D eigenvalue weighted by Gasteiger charge is 2.04. The van der Waals surface area contributed by atoms with E-state index in [2.05, 4.69) is 31.2 Å². The molecule has 6 heteroatoms. The van der Waals surface area contributed by atoms with Gasteiger partial charge in [-0.25, -0.2) is 9.78 Å². The van der Waals surface area contributed by atoms with Gasteiger partial charge in [0.05, 0.1) is 10.7 Å². The van der Waals surface area contributed by atoms with Crippen molar-refractivity contribution in [3.05, 3.63) is 21.2 Å². The van der Waals surface area contributed by atoms with E-state index in [1.807, 2.05) is 0 Å². The average Bonchev–Trinajstić information content (AvgIpc) is 2.11. The van der Waals surface area contributed by atoms with Gasteiger partial charge in [0.2, 0.25) is 5.91 Å². The Morgan fingerprint density at radius 2 is 2.46 bits per heavy atom. The second-order valence-corrected chi connectivity index (χ2v) is 3.17. The van der Waals surface area contributed by atoms with E-state index in [9.17, 15) is 9.59 Å². The predicted octanol–water partition coefficient (Wildman–Crippen LogP) is 0.881. The molecular weight excluding hydrogens is 238 g/mol. The van der Waals surface area contributed by atoms with Gasteiger partial charge < -0.3 is 5.32 Å². The number of halogens is 1. The minimum Gasteiger partial charge on any atom is -0.311 e. The van der Waals surface area contributed by atoms with Crippen LogP contribution >= 0.6 is 15.9 Å². The zero-order valence-corrected chi connectivity index (χ0v) is 8.51. The van der Waals surface area contributed by atoms with Gasteiger partial charge in [0.1, 0.15) is 5.82 Å². The molecule has 0 aromatic carbocycles. The molecule has 0 unspecified atom stereocenters. The molecule has 0 aliphatic heterocycles. The molecule has 1 aromatic rings. The van der Waals surface area contributed by atoms with E-state index in [0.717, 1.165) is 0 Å². The topological polar surface area (TPSA) is 74.8 Å². The summed E-state index contributed by atoms with van der Waals surface area (Å²) >= 11 is 3.14. The molecule has 5 nitrogen and oxygen atoms in total. The van der Waals surface area contributed by atoms with Crippen LogP contribution in [0.25, 0.3) is 0 Å². The summed E-state index contributed by atoms with van der Waals surface area (Å²) in [6.07, 6.45) is 1.70. The highest BCUT2D eigenvalue weighted by atomic mass is 79.9. The van der Waals surface area contributed by atoms with Crippen molar-refractivity contribution in [2.45, 2.75) is 13.3 Å². The number of aromatic amines is 1. The number of nitrogens with one attached hydrogen (secondary N) is 2. The molecule has 0 radical (unpaired) electrons. The molecule has 70 valence electrons. The number of nitrogens with zero attached hydrogens (tertiary/aromatic N) is 1. The monoisotopic (exact) mass is 245 g/mol. The highest BCUT2D eigenvalue weighted by molar-refractivity contribution is 9.10. The summed E-state index contributed by atoms with van der Waals surface area (Å²) in [5, 5.41) is 2.52. The molecule has 0 atom stereocenters. The van der Waals surface area contributed by atoms with Crippen LogP contribution in [0.1, 0.15) is 13.3 Å². The second-order valence-electron chi connectivity index (χ2n) is 2.31. The van der Waals surface area contributed by atoms with Crippen molar-refractivity contribution in [2.75, 3.05) is 5.32 Å². The number of carbonyl (C=O) groups excluding carboxylic acids is 1. The first-order valence-corrected chi connectivity index (χ1v) is 4.47. The van der Waals surface area contributed by atoms with Crippen LogP contribution in [0.4, 0.5) is 5.82 Å². The molecule has 13 heavy (non-hydrogen) atoms. The molecular formula is C7H8BrN3O2. The van der Waals surface area contributed by atoms with Crippen LogP contribution in [0.2, 0.25) is 0 Å². The van der Waals surface area contributed by atoms with Crippen molar-refractivity contribution in [2.24, 2.45) is 0 Å². The third kappa shape index (κ3) is 2.66. The number of anilines is 1. The minimum absolute atomic E-state index is 0.164. The summed E-state index contributed by atoms with van der Waals surface area (Å²) in [7, 11) is 0. The quantitative estimate of drug-likeness (QED) is 0.813. The molecule has 0 saturated carbocycles. The van der Waals surface area contributed by atoms with Crippen LogP contribution in [0.15, 0.2) is 15.5 Å². The number of carbonyl (C=O) groups is 1. The predicted molar refractivity (Wildman–Crippen MR) is 51.5 cm³/mol. The summed E-state index contributed by atoms with van der Waals surface area (Å²) < 4.78 is 0.550. The molecule has 0 saturated heterocycles. The number of rotatable bonds is 2. The zero-order chi connectivity index (χ0) is 9.84. The van der Waals surface area contributed by atoms with E-state index in [4.69, 9.17) is 0 Å². The SMILES string of the molecule is CCC(=O)Nc1[nH]c(=O)ncc1Br. The Morgan fingerprint density at radius 3 is 3.08 bits per heavy atom. The Morgan fingerprint density at radius 1 is 1.77 bits per heavy atom. The Kier molecular flexibility index (Phi) is 3.18. The maximum atomic E-state index is 11.0. The van der Waals surface area contributed by atoms with Gasteiger partial charge in [0.25, 0.3) is 0 Å². The van der Waals surface area contributed by atoms with Gasteiger partial charge in [0.15, 0.2) is 0 Å². The second kappa shape index (κ2) is 4.18. The van der Waals surface area contributed by atoms with Crippen molar-refractivity contribution in [3.63, 3.8) is 0 Å². The molecule has 0 fully saturated rings. The van der Waals surface area contributed by atoms with Gasteiger partial charge in [-0.2, -0.15) is 0 Å². The first-order valence-electron chi connectivity index (χ1n) is 3.68. The minimum atomic E-state index is -0.491. The molecule has 0 aliphatic rings. The molecule has 0 aliphatic carbocycles. The first-order chi connectivity index (χ1) is 6.13. The van der Waals surface area contributed by atoms with Crippen molar-refractivity contribution in [3.8, 4) is 0 Å². The van der Waals surface area contributed by atoms with Gasteiger partial charge in [-0.1, -0.05) is 6.92 Å². The van der Waals surface area contributed by atoms with Crippen molar-refractivity contribution in [1.82, 2.24) is 9.97 Å². The fourth-order valence-corrected chi connectivity index (χ4v) is 0.998. The van der Waals surface area contributed by atoms with Crippen LogP contribution in [0, 0.1) is 0 Å². The summed E-state index contributed by atoms with van der Waals surface area (Å²) in [6, 6.07) is 0. The highest BCUT2D eigenvalue weighted by Crippen LogP contribution is 2.15. The standard InChI is InChI=1S/C7H8BrN3O2/c1-2-5(12)10-6-4(8)3-9-7(13)11-6/h3H,2H2,1H3,(H2,9,10,11,12,13). The van der Waals surface area contributed by atoms with E-state index in [0.29, 0.717) is 16.7 Å². The lowest BCUT2D eigenvalue weighted by atomic mass is 10.4. The van der Waals surface area contributed by atoms with Crippen LogP contribution in [-0.2, 0) is 4.79 Å². The normalized spacial score (nSPS) is 9.69. The van der Waals surface area contributed by atoms with Gasteiger partial charge in [0, 0.05) is 6.42 Å². The Balaban J connectivity index is 2.94. The fourth-order valence-electron chi connectivity index (χ4n) is 0.698. The Bertz CT molecular complexity index is 374. The number of hydrogen-bond donors (Lipinski definition) is 2. The van der Waals surface area contributed by atoms with Crippen molar-refractivity contribution in [1.29, 1.82) is 0 Å². The van der Waals surface area contributed by atoms with E-state index in [1.54, 1.807) is 6.92 Å². The smallest absolute Gasteiger partial charge is 0.311 e. The third-order valence-electron chi connectivity index (χ3n) is 1.35. The van der Waals surface area contributed by atoms with Crippen LogP contribution in [-0.4, -0.2) is 15.9 Å². The van der Waals surface area contributed by atoms with Crippen molar-refractivity contribution < 1.29 is 4.79 Å². The molecule has 1 heterocycles. The van der Waals surface area contributed by atoms with Gasteiger partial charge >= 0.3 is 5.69 Å². The summed E-state index contributed by atoms with van der Waals surface area (Å²) in [6.45, 7) is 1.72. The first kappa shape index (κ1) is 9.91. The van der Waals surface area contributed by atoms with E-state index >= 15 is 0 Å². The van der Waals surface area contributed by atoms with Gasteiger partial charge in [-0.3, -0.25) is 9.78 Å². The maximum absolute atomic E-state index is 11.0. The average molecular weight is 246 g/mol. The summed E-state index contributed by atoms with van der Waals surface area (Å²) in [4.78, 5) is 27.6. The van der Waals surface area contributed by atoms with Crippen LogP contribution < -0.4 is 11.0 Å². The largest absolute Gasteiger partial charge is 0.346 e. The lowest BCUT2D eigenvalue weighted by Crippen LogP contribution is -2.17. The summed E-state index contributed by atoms with van der Waals surface area (Å²) in [5.74, 6) is 0.175. The van der Waals surface area contributed by atoms with E-state index in [1.165, 1.54) is 6.20 Å².